The number of urea groups is 1. The van der Waals surface area contributed by atoms with Crippen LogP contribution in [0.1, 0.15) is 11.1 Å². The van der Waals surface area contributed by atoms with Crippen molar-refractivity contribution >= 4 is 6.03 Å². The van der Waals surface area contributed by atoms with Crippen LogP contribution in [0.25, 0.3) is 0 Å². The second-order valence-electron chi connectivity index (χ2n) is 6.06. The Morgan fingerprint density at radius 1 is 0.731 bits per heavy atom. The standard InChI is InChI=1S/C19H20N2O5/c22-19(20-7-5-13-1-3-15-17(9-13)25-11-23-15)21-8-6-14-2-4-16-18(10-14)26-12-24-16/h1-4,9-10H,5-8,11-12H2,(H2,20,21,22). The van der Waals surface area contributed by atoms with Crippen LogP contribution in [0.4, 0.5) is 4.79 Å². The summed E-state index contributed by atoms with van der Waals surface area (Å²) in [7, 11) is 0. The maximum Gasteiger partial charge on any atom is 0.314 e. The number of nitrogens with one attached hydrogen (secondary N) is 2. The number of hydrogen-bond acceptors (Lipinski definition) is 5. The third-order valence-corrected chi connectivity index (χ3v) is 4.27. The molecule has 2 heterocycles. The number of ether oxygens (including phenoxy) is 4. The quantitative estimate of drug-likeness (QED) is 0.830. The lowest BCUT2D eigenvalue weighted by Crippen LogP contribution is -2.37. The first-order valence-electron chi connectivity index (χ1n) is 8.57. The predicted molar refractivity (Wildman–Crippen MR) is 93.9 cm³/mol. The normalized spacial score (nSPS) is 13.5. The summed E-state index contributed by atoms with van der Waals surface area (Å²) in [6.45, 7) is 1.64. The van der Waals surface area contributed by atoms with Crippen molar-refractivity contribution in [2.24, 2.45) is 0 Å². The van der Waals surface area contributed by atoms with Gasteiger partial charge in [0.1, 0.15) is 0 Å². The Hall–Kier alpha value is -3.09. The van der Waals surface area contributed by atoms with Gasteiger partial charge >= 0.3 is 6.03 Å². The lowest BCUT2D eigenvalue weighted by molar-refractivity contribution is 0.173. The lowest BCUT2D eigenvalue weighted by atomic mass is 10.1. The number of benzene rings is 2. The Bertz CT molecular complexity index is 743. The van der Waals surface area contributed by atoms with Gasteiger partial charge in [0, 0.05) is 13.1 Å². The minimum Gasteiger partial charge on any atom is -0.454 e. The molecule has 2 N–H and O–H groups in total. The van der Waals surface area contributed by atoms with E-state index in [1.54, 1.807) is 0 Å². The Kier molecular flexibility index (Phi) is 4.68. The van der Waals surface area contributed by atoms with Gasteiger partial charge in [0.25, 0.3) is 0 Å². The molecule has 0 bridgehead atoms. The summed E-state index contributed by atoms with van der Waals surface area (Å²) in [6, 6.07) is 11.5. The van der Waals surface area contributed by atoms with Gasteiger partial charge in [-0.1, -0.05) is 12.1 Å². The Morgan fingerprint density at radius 3 is 1.69 bits per heavy atom. The smallest absolute Gasteiger partial charge is 0.314 e. The number of carbonyl (C=O) groups is 1. The van der Waals surface area contributed by atoms with Crippen LogP contribution in [0.15, 0.2) is 36.4 Å². The van der Waals surface area contributed by atoms with Gasteiger partial charge in [-0.25, -0.2) is 4.79 Å². The monoisotopic (exact) mass is 356 g/mol. The van der Waals surface area contributed by atoms with Crippen LogP contribution in [0.2, 0.25) is 0 Å². The van der Waals surface area contributed by atoms with E-state index in [1.807, 2.05) is 36.4 Å². The van der Waals surface area contributed by atoms with E-state index in [9.17, 15) is 4.79 Å². The fourth-order valence-corrected chi connectivity index (χ4v) is 2.90. The first kappa shape index (κ1) is 16.4. The lowest BCUT2D eigenvalue weighted by Gasteiger charge is -2.08. The maximum absolute atomic E-state index is 11.9. The van der Waals surface area contributed by atoms with Gasteiger partial charge in [0.2, 0.25) is 13.6 Å². The summed E-state index contributed by atoms with van der Waals surface area (Å²) >= 11 is 0. The van der Waals surface area contributed by atoms with Crippen molar-refractivity contribution in [1.82, 2.24) is 10.6 Å². The second kappa shape index (κ2) is 7.43. The molecule has 0 aliphatic carbocycles. The molecule has 0 aromatic heterocycles. The molecule has 2 aromatic rings. The largest absolute Gasteiger partial charge is 0.454 e. The molecule has 7 heteroatoms. The molecule has 0 fully saturated rings. The highest BCUT2D eigenvalue weighted by Crippen LogP contribution is 2.33. The average Bonchev–Trinajstić information content (AvgIpc) is 3.29. The van der Waals surface area contributed by atoms with Gasteiger partial charge < -0.3 is 29.6 Å². The minimum absolute atomic E-state index is 0.175. The SMILES string of the molecule is O=C(NCCc1ccc2c(c1)OCO2)NCCc1ccc2c(c1)OCO2. The zero-order valence-electron chi connectivity index (χ0n) is 14.2. The van der Waals surface area contributed by atoms with Gasteiger partial charge in [0.05, 0.1) is 0 Å². The average molecular weight is 356 g/mol. The third-order valence-electron chi connectivity index (χ3n) is 4.27. The van der Waals surface area contributed by atoms with Crippen molar-refractivity contribution in [1.29, 1.82) is 0 Å². The first-order chi connectivity index (χ1) is 12.8. The molecule has 0 radical (unpaired) electrons. The predicted octanol–water partition coefficient (Wildman–Crippen LogP) is 2.23. The van der Waals surface area contributed by atoms with Crippen molar-refractivity contribution < 1.29 is 23.7 Å². The summed E-state index contributed by atoms with van der Waals surface area (Å²) in [5, 5.41) is 5.72. The highest BCUT2D eigenvalue weighted by Gasteiger charge is 2.14. The van der Waals surface area contributed by atoms with Crippen LogP contribution < -0.4 is 29.6 Å². The van der Waals surface area contributed by atoms with Crippen LogP contribution in [-0.2, 0) is 12.8 Å². The second-order valence-corrected chi connectivity index (χ2v) is 6.06. The fourth-order valence-electron chi connectivity index (χ4n) is 2.90. The minimum atomic E-state index is -0.175. The fraction of sp³-hybridized carbons (Fsp3) is 0.316. The van der Waals surface area contributed by atoms with Crippen LogP contribution in [-0.4, -0.2) is 32.7 Å². The van der Waals surface area contributed by atoms with Crippen molar-refractivity contribution in [3.05, 3.63) is 47.5 Å². The summed E-state index contributed by atoms with van der Waals surface area (Å²) in [5.74, 6) is 3.05. The first-order valence-corrected chi connectivity index (χ1v) is 8.57. The van der Waals surface area contributed by atoms with E-state index in [-0.39, 0.29) is 19.6 Å². The van der Waals surface area contributed by atoms with Crippen molar-refractivity contribution in [3.8, 4) is 23.0 Å². The van der Waals surface area contributed by atoms with Crippen LogP contribution >= 0.6 is 0 Å². The number of rotatable bonds is 6. The molecule has 4 rings (SSSR count). The van der Waals surface area contributed by atoms with Gasteiger partial charge in [-0.05, 0) is 48.2 Å². The molecule has 2 aromatic carbocycles. The summed E-state index contributed by atoms with van der Waals surface area (Å²) in [6.07, 6.45) is 1.46. The molecule has 0 saturated heterocycles. The van der Waals surface area contributed by atoms with E-state index in [1.165, 1.54) is 0 Å². The molecule has 0 saturated carbocycles. The van der Waals surface area contributed by atoms with E-state index in [2.05, 4.69) is 10.6 Å². The van der Waals surface area contributed by atoms with Gasteiger partial charge in [0.15, 0.2) is 23.0 Å². The molecule has 2 amide bonds. The third kappa shape index (κ3) is 3.77. The summed E-state index contributed by atoms with van der Waals surface area (Å²) in [5.41, 5.74) is 2.19. The molecule has 2 aliphatic heterocycles. The number of hydrogen-bond donors (Lipinski definition) is 2. The molecule has 7 nitrogen and oxygen atoms in total. The van der Waals surface area contributed by atoms with Crippen molar-refractivity contribution in [2.45, 2.75) is 12.8 Å². The molecule has 26 heavy (non-hydrogen) atoms. The molecule has 0 spiro atoms. The Labute approximate surface area is 151 Å². The molecule has 0 atom stereocenters. The van der Waals surface area contributed by atoms with Crippen LogP contribution in [0.5, 0.6) is 23.0 Å². The van der Waals surface area contributed by atoms with Crippen molar-refractivity contribution in [2.75, 3.05) is 26.7 Å². The highest BCUT2D eigenvalue weighted by atomic mass is 16.7. The van der Waals surface area contributed by atoms with Gasteiger partial charge in [-0.3, -0.25) is 0 Å². The Balaban J connectivity index is 1.16. The zero-order valence-corrected chi connectivity index (χ0v) is 14.2. The highest BCUT2D eigenvalue weighted by molar-refractivity contribution is 5.73. The van der Waals surface area contributed by atoms with E-state index in [0.29, 0.717) is 13.1 Å². The number of carbonyl (C=O) groups excluding carboxylic acids is 1. The summed E-state index contributed by atoms with van der Waals surface area (Å²) < 4.78 is 21.3. The van der Waals surface area contributed by atoms with Crippen LogP contribution in [0.3, 0.4) is 0 Å². The van der Waals surface area contributed by atoms with E-state index in [0.717, 1.165) is 47.0 Å². The van der Waals surface area contributed by atoms with Crippen LogP contribution in [0, 0.1) is 0 Å². The molecule has 0 unspecified atom stereocenters. The van der Waals surface area contributed by atoms with Gasteiger partial charge in [-0.2, -0.15) is 0 Å². The number of fused-ring (bicyclic) bond motifs is 2. The maximum atomic E-state index is 11.9. The van der Waals surface area contributed by atoms with E-state index >= 15 is 0 Å². The Morgan fingerprint density at radius 2 is 1.19 bits per heavy atom. The van der Waals surface area contributed by atoms with E-state index < -0.39 is 0 Å². The molecular weight excluding hydrogens is 336 g/mol. The zero-order chi connectivity index (χ0) is 17.8. The number of amides is 2. The van der Waals surface area contributed by atoms with Crippen molar-refractivity contribution in [3.63, 3.8) is 0 Å². The molecule has 136 valence electrons. The molecular formula is C19H20N2O5. The van der Waals surface area contributed by atoms with Gasteiger partial charge in [-0.15, -0.1) is 0 Å². The molecule has 2 aliphatic rings. The van der Waals surface area contributed by atoms with E-state index in [4.69, 9.17) is 18.9 Å². The topological polar surface area (TPSA) is 78.1 Å². The summed E-state index contributed by atoms with van der Waals surface area (Å²) in [4.78, 5) is 11.9.